The van der Waals surface area contributed by atoms with Crippen LogP contribution in [0.15, 0.2) is 36.5 Å². The summed E-state index contributed by atoms with van der Waals surface area (Å²) in [5.41, 5.74) is -0.0711. The number of carbonyl (C=O) groups excluding carboxylic acids is 1. The summed E-state index contributed by atoms with van der Waals surface area (Å²) < 4.78 is 14.9. The van der Waals surface area contributed by atoms with Gasteiger partial charge in [-0.3, -0.25) is 4.79 Å². The van der Waals surface area contributed by atoms with E-state index in [-0.39, 0.29) is 22.9 Å². The summed E-state index contributed by atoms with van der Waals surface area (Å²) in [6, 6.07) is 7.11. The molecular weight excluding hydrogens is 287 g/mol. The van der Waals surface area contributed by atoms with Gasteiger partial charge in [0.1, 0.15) is 12.2 Å². The van der Waals surface area contributed by atoms with Gasteiger partial charge in [-0.15, -0.1) is 0 Å². The third-order valence-electron chi connectivity index (χ3n) is 2.59. The van der Waals surface area contributed by atoms with Crippen molar-refractivity contribution in [2.24, 2.45) is 0 Å². The quantitative estimate of drug-likeness (QED) is 0.911. The highest BCUT2D eigenvalue weighted by atomic mass is 35.5. The van der Waals surface area contributed by atoms with Crippen LogP contribution in [0.5, 0.6) is 0 Å². The summed E-state index contributed by atoms with van der Waals surface area (Å²) in [5.74, 6) is -2.42. The maximum Gasteiger partial charge on any atom is 0.352 e. The van der Waals surface area contributed by atoms with Gasteiger partial charge in [-0.2, -0.15) is 0 Å². The minimum Gasteiger partial charge on any atom is -0.477 e. The van der Waals surface area contributed by atoms with E-state index in [1.165, 1.54) is 41.1 Å². The first kappa shape index (κ1) is 14.1. The van der Waals surface area contributed by atoms with Crippen LogP contribution < -0.4 is 5.32 Å². The largest absolute Gasteiger partial charge is 0.477 e. The van der Waals surface area contributed by atoms with Crippen LogP contribution in [0.2, 0.25) is 5.02 Å². The van der Waals surface area contributed by atoms with Gasteiger partial charge in [-0.25, -0.2) is 9.18 Å². The maximum atomic E-state index is 13.6. The topological polar surface area (TPSA) is 71.3 Å². The number of amides is 1. The molecular formula is C13H10ClFN2O3. The standard InChI is InChI=1S/C13H10ClFN2O3/c14-8-3-1-4-9(12(8)15)16-11(18)7-17-6-2-5-10(17)13(19)20/h1-6H,7H2,(H,16,18)(H,19,20). The van der Waals surface area contributed by atoms with E-state index in [9.17, 15) is 14.0 Å². The summed E-state index contributed by atoms with van der Waals surface area (Å²) in [6.07, 6.45) is 1.46. The number of nitrogens with one attached hydrogen (secondary N) is 1. The van der Waals surface area contributed by atoms with Crippen LogP contribution in [0, 0.1) is 5.82 Å². The van der Waals surface area contributed by atoms with Crippen LogP contribution in [0.1, 0.15) is 10.5 Å². The highest BCUT2D eigenvalue weighted by Crippen LogP contribution is 2.21. The van der Waals surface area contributed by atoms with E-state index < -0.39 is 17.7 Å². The van der Waals surface area contributed by atoms with Gasteiger partial charge in [0.15, 0.2) is 5.82 Å². The molecule has 2 aromatic rings. The van der Waals surface area contributed by atoms with E-state index in [1.54, 1.807) is 0 Å². The van der Waals surface area contributed by atoms with E-state index in [2.05, 4.69) is 5.32 Å². The summed E-state index contributed by atoms with van der Waals surface area (Å²) in [7, 11) is 0. The van der Waals surface area contributed by atoms with Crippen LogP contribution in [0.25, 0.3) is 0 Å². The third kappa shape index (κ3) is 2.97. The first-order valence-corrected chi connectivity index (χ1v) is 5.99. The third-order valence-corrected chi connectivity index (χ3v) is 2.88. The Morgan fingerprint density at radius 2 is 2.05 bits per heavy atom. The van der Waals surface area contributed by atoms with E-state index in [1.807, 2.05) is 0 Å². The minimum absolute atomic E-state index is 0.0216. The lowest BCUT2D eigenvalue weighted by Gasteiger charge is -2.09. The van der Waals surface area contributed by atoms with Crippen molar-refractivity contribution in [3.63, 3.8) is 0 Å². The Hall–Kier alpha value is -2.34. The summed E-state index contributed by atoms with van der Waals surface area (Å²) in [6.45, 7) is -0.236. The Morgan fingerprint density at radius 3 is 2.75 bits per heavy atom. The molecule has 1 aromatic carbocycles. The Morgan fingerprint density at radius 1 is 1.30 bits per heavy atom. The van der Waals surface area contributed by atoms with Crippen molar-refractivity contribution in [1.29, 1.82) is 0 Å². The molecule has 0 bridgehead atoms. The minimum atomic E-state index is -1.14. The van der Waals surface area contributed by atoms with Gasteiger partial charge in [-0.1, -0.05) is 17.7 Å². The van der Waals surface area contributed by atoms with E-state index >= 15 is 0 Å². The number of benzene rings is 1. The molecule has 0 aliphatic heterocycles. The van der Waals surface area contributed by atoms with Gasteiger partial charge in [0.25, 0.3) is 0 Å². The number of aromatic carboxylic acids is 1. The fourth-order valence-electron chi connectivity index (χ4n) is 1.69. The highest BCUT2D eigenvalue weighted by molar-refractivity contribution is 6.31. The van der Waals surface area contributed by atoms with Crippen LogP contribution in [0.3, 0.4) is 0 Å². The Labute approximate surface area is 118 Å². The summed E-state index contributed by atoms with van der Waals surface area (Å²) in [4.78, 5) is 22.7. The molecule has 0 saturated carbocycles. The van der Waals surface area contributed by atoms with Crippen molar-refractivity contribution < 1.29 is 19.1 Å². The van der Waals surface area contributed by atoms with Gasteiger partial charge >= 0.3 is 5.97 Å². The zero-order valence-corrected chi connectivity index (χ0v) is 10.9. The predicted molar refractivity (Wildman–Crippen MR) is 71.4 cm³/mol. The van der Waals surface area contributed by atoms with E-state index in [4.69, 9.17) is 16.7 Å². The number of nitrogens with zero attached hydrogens (tertiary/aromatic N) is 1. The summed E-state index contributed by atoms with van der Waals surface area (Å²) >= 11 is 5.60. The van der Waals surface area contributed by atoms with Crippen LogP contribution in [-0.2, 0) is 11.3 Å². The molecule has 0 aliphatic rings. The Bertz CT molecular complexity index is 669. The molecule has 7 heteroatoms. The van der Waals surface area contributed by atoms with Crippen molar-refractivity contribution in [3.8, 4) is 0 Å². The number of carboxylic acids is 1. The molecule has 0 fully saturated rings. The SMILES string of the molecule is O=C(Cn1cccc1C(=O)O)Nc1cccc(Cl)c1F. The maximum absolute atomic E-state index is 13.6. The highest BCUT2D eigenvalue weighted by Gasteiger charge is 2.13. The van der Waals surface area contributed by atoms with Crippen molar-refractivity contribution >= 4 is 29.2 Å². The number of aromatic nitrogens is 1. The van der Waals surface area contributed by atoms with Gasteiger partial charge in [0.2, 0.25) is 5.91 Å². The number of hydrogen-bond acceptors (Lipinski definition) is 2. The lowest BCUT2D eigenvalue weighted by Crippen LogP contribution is -2.21. The van der Waals surface area contributed by atoms with Gasteiger partial charge in [0.05, 0.1) is 10.7 Å². The molecule has 2 N–H and O–H groups in total. The lowest BCUT2D eigenvalue weighted by atomic mass is 10.3. The Kier molecular flexibility index (Phi) is 4.05. The van der Waals surface area contributed by atoms with Gasteiger partial charge in [0, 0.05) is 6.20 Å². The molecule has 0 spiro atoms. The fourth-order valence-corrected chi connectivity index (χ4v) is 1.87. The normalized spacial score (nSPS) is 10.3. The predicted octanol–water partition coefficient (Wildman–Crippen LogP) is 2.62. The summed E-state index contributed by atoms with van der Waals surface area (Å²) in [5, 5.41) is 11.1. The van der Waals surface area contributed by atoms with Crippen molar-refractivity contribution in [2.45, 2.75) is 6.54 Å². The van der Waals surface area contributed by atoms with Crippen LogP contribution >= 0.6 is 11.6 Å². The molecule has 0 unspecified atom stereocenters. The van der Waals surface area contributed by atoms with E-state index in [0.717, 1.165) is 0 Å². The monoisotopic (exact) mass is 296 g/mol. The Balaban J connectivity index is 2.11. The molecule has 0 aliphatic carbocycles. The molecule has 1 amide bonds. The number of anilines is 1. The number of hydrogen-bond donors (Lipinski definition) is 2. The van der Waals surface area contributed by atoms with E-state index in [0.29, 0.717) is 0 Å². The van der Waals surface area contributed by atoms with Crippen LogP contribution in [0.4, 0.5) is 10.1 Å². The van der Waals surface area contributed by atoms with Gasteiger partial charge in [-0.05, 0) is 24.3 Å². The molecule has 2 rings (SSSR count). The molecule has 104 valence electrons. The molecule has 0 saturated heterocycles. The number of rotatable bonds is 4. The van der Waals surface area contributed by atoms with Crippen molar-refractivity contribution in [1.82, 2.24) is 4.57 Å². The first-order chi connectivity index (χ1) is 9.49. The smallest absolute Gasteiger partial charge is 0.352 e. The molecule has 0 radical (unpaired) electrons. The van der Waals surface area contributed by atoms with Crippen LogP contribution in [-0.4, -0.2) is 21.6 Å². The second-order valence-electron chi connectivity index (χ2n) is 3.98. The van der Waals surface area contributed by atoms with Crippen molar-refractivity contribution in [3.05, 3.63) is 53.1 Å². The number of carboxylic acid groups (broad SMARTS) is 1. The number of halogens is 2. The first-order valence-electron chi connectivity index (χ1n) is 5.61. The fraction of sp³-hybridized carbons (Fsp3) is 0.0769. The molecule has 5 nitrogen and oxygen atoms in total. The molecule has 20 heavy (non-hydrogen) atoms. The molecule has 1 aromatic heterocycles. The molecule has 1 heterocycles. The average Bonchev–Trinajstić information content (AvgIpc) is 2.83. The average molecular weight is 297 g/mol. The second kappa shape index (κ2) is 5.75. The second-order valence-corrected chi connectivity index (χ2v) is 4.38. The van der Waals surface area contributed by atoms with Crippen molar-refractivity contribution in [2.75, 3.05) is 5.32 Å². The lowest BCUT2D eigenvalue weighted by molar-refractivity contribution is -0.116. The zero-order valence-electron chi connectivity index (χ0n) is 10.1. The zero-order chi connectivity index (χ0) is 14.7. The van der Waals surface area contributed by atoms with Gasteiger partial charge < -0.3 is 15.0 Å². The number of carbonyl (C=O) groups is 2. The molecule has 0 atom stereocenters.